The first-order valence-corrected chi connectivity index (χ1v) is 6.24. The van der Waals surface area contributed by atoms with Gasteiger partial charge in [-0.05, 0) is 26.8 Å². The summed E-state index contributed by atoms with van der Waals surface area (Å²) in [5.74, 6) is 0. The van der Waals surface area contributed by atoms with Crippen LogP contribution in [-0.2, 0) is 7.05 Å². The fraction of sp³-hybridized carbons (Fsp3) is 0.385. The molecule has 0 aliphatic carbocycles. The monoisotopic (exact) mass is 264 g/mol. The highest BCUT2D eigenvalue weighted by molar-refractivity contribution is 6.33. The van der Waals surface area contributed by atoms with Gasteiger partial charge in [-0.2, -0.15) is 5.10 Å². The molecule has 0 aliphatic rings. The van der Waals surface area contributed by atoms with Crippen LogP contribution < -0.4 is 5.32 Å². The fourth-order valence-electron chi connectivity index (χ4n) is 2.21. The Bertz CT molecular complexity index is 562. The van der Waals surface area contributed by atoms with Crippen LogP contribution in [0.3, 0.4) is 0 Å². The Kier molecular flexibility index (Phi) is 3.57. The molecule has 1 atom stereocenters. The Labute approximate surface area is 112 Å². The minimum Gasteiger partial charge on any atom is -0.376 e. The van der Waals surface area contributed by atoms with E-state index in [1.54, 1.807) is 18.5 Å². The summed E-state index contributed by atoms with van der Waals surface area (Å²) in [5.41, 5.74) is 4.24. The maximum Gasteiger partial charge on any atom is 0.0720 e. The summed E-state index contributed by atoms with van der Waals surface area (Å²) in [7, 11) is 1.95. The lowest BCUT2D eigenvalue weighted by Gasteiger charge is -2.16. The van der Waals surface area contributed by atoms with E-state index in [2.05, 4.69) is 29.2 Å². The fourth-order valence-corrected chi connectivity index (χ4v) is 2.37. The molecule has 2 rings (SSSR count). The molecule has 0 aliphatic heterocycles. The second-order valence-electron chi connectivity index (χ2n) is 4.43. The van der Waals surface area contributed by atoms with Crippen LogP contribution >= 0.6 is 11.6 Å². The molecule has 18 heavy (non-hydrogen) atoms. The molecule has 0 saturated carbocycles. The average Bonchev–Trinajstić information content (AvgIpc) is 2.56. The highest BCUT2D eigenvalue weighted by Crippen LogP contribution is 2.27. The van der Waals surface area contributed by atoms with Gasteiger partial charge in [-0.3, -0.25) is 9.67 Å². The maximum absolute atomic E-state index is 6.12. The Morgan fingerprint density at radius 1 is 1.39 bits per heavy atom. The predicted octanol–water partition coefficient (Wildman–Crippen LogP) is 3.26. The van der Waals surface area contributed by atoms with Crippen molar-refractivity contribution < 1.29 is 0 Å². The van der Waals surface area contributed by atoms with Crippen molar-refractivity contribution in [2.24, 2.45) is 7.05 Å². The molecular weight excluding hydrogens is 248 g/mol. The number of hydrogen-bond acceptors (Lipinski definition) is 3. The number of halogens is 1. The predicted molar refractivity (Wildman–Crippen MR) is 74.0 cm³/mol. The summed E-state index contributed by atoms with van der Waals surface area (Å²) in [5, 5.41) is 8.47. The third kappa shape index (κ3) is 2.34. The molecule has 0 bridgehead atoms. The maximum atomic E-state index is 6.12. The van der Waals surface area contributed by atoms with Crippen LogP contribution in [0.4, 0.5) is 5.69 Å². The second-order valence-corrected chi connectivity index (χ2v) is 4.84. The van der Waals surface area contributed by atoms with Gasteiger partial charge in [0.25, 0.3) is 0 Å². The molecular formula is C13H17ClN4. The number of aromatic nitrogens is 3. The van der Waals surface area contributed by atoms with Gasteiger partial charge < -0.3 is 5.32 Å². The first-order chi connectivity index (χ1) is 8.50. The number of nitrogens with one attached hydrogen (secondary N) is 1. The van der Waals surface area contributed by atoms with Crippen LogP contribution in [0.25, 0.3) is 0 Å². The van der Waals surface area contributed by atoms with Crippen molar-refractivity contribution in [1.82, 2.24) is 14.8 Å². The summed E-state index contributed by atoms with van der Waals surface area (Å²) in [4.78, 5) is 4.07. The largest absolute Gasteiger partial charge is 0.376 e. The van der Waals surface area contributed by atoms with Crippen molar-refractivity contribution in [2.75, 3.05) is 5.32 Å². The number of aryl methyl sites for hydroxylation is 2. The summed E-state index contributed by atoms with van der Waals surface area (Å²) >= 11 is 6.12. The number of nitrogens with zero attached hydrogens (tertiary/aromatic N) is 3. The quantitative estimate of drug-likeness (QED) is 0.925. The molecule has 2 heterocycles. The third-order valence-corrected chi connectivity index (χ3v) is 3.47. The van der Waals surface area contributed by atoms with Gasteiger partial charge in [-0.15, -0.1) is 0 Å². The minimum absolute atomic E-state index is 0.139. The highest BCUT2D eigenvalue weighted by atomic mass is 35.5. The Hall–Kier alpha value is -1.55. The van der Waals surface area contributed by atoms with Gasteiger partial charge in [0.1, 0.15) is 0 Å². The molecule has 0 fully saturated rings. The molecule has 5 heteroatoms. The molecule has 0 radical (unpaired) electrons. The summed E-state index contributed by atoms with van der Waals surface area (Å²) in [6.45, 7) is 6.18. The van der Waals surface area contributed by atoms with Crippen LogP contribution in [0.2, 0.25) is 5.02 Å². The molecule has 0 aromatic carbocycles. The van der Waals surface area contributed by atoms with Crippen molar-refractivity contribution >= 4 is 17.3 Å². The van der Waals surface area contributed by atoms with E-state index in [0.29, 0.717) is 5.02 Å². The van der Waals surface area contributed by atoms with Crippen molar-refractivity contribution in [2.45, 2.75) is 26.8 Å². The van der Waals surface area contributed by atoms with E-state index in [9.17, 15) is 0 Å². The zero-order chi connectivity index (χ0) is 13.3. The molecule has 0 amide bonds. The van der Waals surface area contributed by atoms with Crippen molar-refractivity contribution in [3.63, 3.8) is 0 Å². The van der Waals surface area contributed by atoms with Gasteiger partial charge in [-0.25, -0.2) is 0 Å². The van der Waals surface area contributed by atoms with Crippen LogP contribution in [0.5, 0.6) is 0 Å². The molecule has 96 valence electrons. The van der Waals surface area contributed by atoms with Crippen molar-refractivity contribution in [1.29, 1.82) is 0 Å². The molecule has 1 N–H and O–H groups in total. The van der Waals surface area contributed by atoms with E-state index in [1.165, 1.54) is 5.56 Å². The van der Waals surface area contributed by atoms with Gasteiger partial charge in [0.15, 0.2) is 0 Å². The molecule has 1 unspecified atom stereocenters. The van der Waals surface area contributed by atoms with Crippen molar-refractivity contribution in [3.05, 3.63) is 40.4 Å². The first-order valence-electron chi connectivity index (χ1n) is 5.87. The van der Waals surface area contributed by atoms with Gasteiger partial charge in [0.2, 0.25) is 0 Å². The van der Waals surface area contributed by atoms with E-state index >= 15 is 0 Å². The summed E-state index contributed by atoms with van der Waals surface area (Å²) < 4.78 is 1.90. The summed E-state index contributed by atoms with van der Waals surface area (Å²) in [6, 6.07) is 1.92. The lowest BCUT2D eigenvalue weighted by atomic mass is 10.1. The topological polar surface area (TPSA) is 42.7 Å². The lowest BCUT2D eigenvalue weighted by molar-refractivity contribution is 0.728. The van der Waals surface area contributed by atoms with Crippen LogP contribution in [0, 0.1) is 13.8 Å². The second kappa shape index (κ2) is 4.98. The Balaban J connectivity index is 2.28. The normalized spacial score (nSPS) is 12.5. The van der Waals surface area contributed by atoms with Gasteiger partial charge in [0, 0.05) is 24.5 Å². The Morgan fingerprint density at radius 2 is 2.11 bits per heavy atom. The van der Waals surface area contributed by atoms with E-state index in [-0.39, 0.29) is 6.04 Å². The smallest absolute Gasteiger partial charge is 0.0720 e. The number of hydrogen-bond donors (Lipinski definition) is 1. The van der Waals surface area contributed by atoms with E-state index in [0.717, 1.165) is 17.1 Å². The average molecular weight is 265 g/mol. The standard InChI is InChI=1S/C13H17ClN4/c1-8(13-9(2)17-18(4)10(13)3)16-12-7-15-6-5-11(12)14/h5-8,16H,1-4H3. The van der Waals surface area contributed by atoms with Crippen LogP contribution in [0.1, 0.15) is 29.9 Å². The van der Waals surface area contributed by atoms with Gasteiger partial charge in [-0.1, -0.05) is 11.6 Å². The number of anilines is 1. The highest BCUT2D eigenvalue weighted by Gasteiger charge is 2.16. The van der Waals surface area contributed by atoms with E-state index in [1.807, 2.05) is 18.7 Å². The van der Waals surface area contributed by atoms with Gasteiger partial charge in [0.05, 0.1) is 28.6 Å². The first kappa shape index (κ1) is 12.9. The van der Waals surface area contributed by atoms with E-state index in [4.69, 9.17) is 11.6 Å². The zero-order valence-corrected chi connectivity index (χ0v) is 11.8. The Morgan fingerprint density at radius 3 is 2.67 bits per heavy atom. The summed E-state index contributed by atoms with van der Waals surface area (Å²) in [6.07, 6.45) is 3.42. The van der Waals surface area contributed by atoms with Crippen LogP contribution in [-0.4, -0.2) is 14.8 Å². The molecule has 0 saturated heterocycles. The lowest BCUT2D eigenvalue weighted by Crippen LogP contribution is -2.09. The SMILES string of the molecule is Cc1nn(C)c(C)c1C(C)Nc1cnccc1Cl. The van der Waals surface area contributed by atoms with Crippen LogP contribution in [0.15, 0.2) is 18.5 Å². The minimum atomic E-state index is 0.139. The third-order valence-electron chi connectivity index (χ3n) is 3.14. The molecule has 2 aromatic rings. The zero-order valence-electron chi connectivity index (χ0n) is 11.0. The van der Waals surface area contributed by atoms with E-state index < -0.39 is 0 Å². The molecule has 2 aromatic heterocycles. The number of pyridine rings is 1. The molecule has 0 spiro atoms. The molecule has 4 nitrogen and oxygen atoms in total. The van der Waals surface area contributed by atoms with Gasteiger partial charge >= 0.3 is 0 Å². The van der Waals surface area contributed by atoms with Crippen molar-refractivity contribution in [3.8, 4) is 0 Å². The number of rotatable bonds is 3.